The van der Waals surface area contributed by atoms with E-state index in [-0.39, 0.29) is 5.52 Å². The average Bonchev–Trinajstić information content (AvgIpc) is 2.77. The summed E-state index contributed by atoms with van der Waals surface area (Å²) in [5.41, 5.74) is 0.138. The highest BCUT2D eigenvalue weighted by atomic mass is 19.4. The Hall–Kier alpha value is -1.49. The zero-order valence-corrected chi connectivity index (χ0v) is 8.83. The van der Waals surface area contributed by atoms with Gasteiger partial charge >= 0.3 is 6.18 Å². The second kappa shape index (κ2) is 3.26. The summed E-state index contributed by atoms with van der Waals surface area (Å²) < 4.78 is 40.2. The number of fused-ring (bicyclic) bond motifs is 3. The van der Waals surface area contributed by atoms with Crippen LogP contribution in [-0.4, -0.2) is 9.67 Å². The summed E-state index contributed by atoms with van der Waals surface area (Å²) in [7, 11) is 0. The van der Waals surface area contributed by atoms with Crippen LogP contribution < -0.4 is 0 Å². The first kappa shape index (κ1) is 10.7. The number of benzene rings is 1. The Labute approximate surface area is 95.3 Å². The highest BCUT2D eigenvalue weighted by molar-refractivity contribution is 5.85. The van der Waals surface area contributed by atoms with Crippen LogP contribution in [0.5, 0.6) is 0 Å². The number of nitrogens with zero attached hydrogens (tertiary/aromatic N) is 1. The van der Waals surface area contributed by atoms with Crippen molar-refractivity contribution in [2.45, 2.75) is 25.2 Å². The van der Waals surface area contributed by atoms with Gasteiger partial charge in [0.05, 0.1) is 17.2 Å². The molecule has 1 aliphatic rings. The number of aliphatic hydroxyl groups excluding tert-OH is 1. The molecule has 2 heterocycles. The Morgan fingerprint density at radius 1 is 1.29 bits per heavy atom. The van der Waals surface area contributed by atoms with Crippen molar-refractivity contribution in [2.24, 2.45) is 0 Å². The predicted molar refractivity (Wildman–Crippen MR) is 56.5 cm³/mol. The van der Waals surface area contributed by atoms with Gasteiger partial charge in [-0.25, -0.2) is 0 Å². The van der Waals surface area contributed by atoms with Gasteiger partial charge in [-0.1, -0.05) is 12.1 Å². The van der Waals surface area contributed by atoms with Gasteiger partial charge in [0.2, 0.25) is 0 Å². The molecule has 1 N–H and O–H groups in total. The van der Waals surface area contributed by atoms with Gasteiger partial charge in [0.15, 0.2) is 0 Å². The van der Waals surface area contributed by atoms with Gasteiger partial charge in [0.25, 0.3) is 0 Å². The summed E-state index contributed by atoms with van der Waals surface area (Å²) in [6, 6.07) is 5.76. The fraction of sp³-hybridized carbons (Fsp3) is 0.333. The SMILES string of the molecule is OC1CCn2c1cc1cccc(C(F)(F)F)c12. The fourth-order valence-electron chi connectivity index (χ4n) is 2.49. The van der Waals surface area contributed by atoms with Gasteiger partial charge in [-0.05, 0) is 18.6 Å². The lowest BCUT2D eigenvalue weighted by molar-refractivity contribution is -0.136. The highest BCUT2D eigenvalue weighted by Crippen LogP contribution is 2.39. The number of hydrogen-bond acceptors (Lipinski definition) is 1. The average molecular weight is 241 g/mol. The normalized spacial score (nSPS) is 19.9. The number of halogens is 3. The maximum absolute atomic E-state index is 12.9. The molecule has 0 spiro atoms. The first-order valence-corrected chi connectivity index (χ1v) is 5.36. The van der Waals surface area contributed by atoms with Crippen LogP contribution in [0.1, 0.15) is 23.8 Å². The molecule has 1 aliphatic heterocycles. The third-order valence-corrected chi connectivity index (χ3v) is 3.23. The first-order chi connectivity index (χ1) is 7.98. The summed E-state index contributed by atoms with van der Waals surface area (Å²) in [5.74, 6) is 0. The Kier molecular flexibility index (Phi) is 2.04. The zero-order chi connectivity index (χ0) is 12.2. The Balaban J connectivity index is 2.36. The molecule has 0 saturated carbocycles. The molecule has 1 aromatic carbocycles. The molecule has 0 radical (unpaired) electrons. The molecule has 5 heteroatoms. The summed E-state index contributed by atoms with van der Waals surface area (Å²) in [4.78, 5) is 0. The lowest BCUT2D eigenvalue weighted by Gasteiger charge is -2.10. The summed E-state index contributed by atoms with van der Waals surface area (Å²) >= 11 is 0. The van der Waals surface area contributed by atoms with Crippen molar-refractivity contribution >= 4 is 10.9 Å². The topological polar surface area (TPSA) is 25.2 Å². The van der Waals surface area contributed by atoms with E-state index in [1.54, 1.807) is 16.7 Å². The van der Waals surface area contributed by atoms with Crippen molar-refractivity contribution in [1.29, 1.82) is 0 Å². The van der Waals surface area contributed by atoms with Crippen molar-refractivity contribution in [1.82, 2.24) is 4.57 Å². The van der Waals surface area contributed by atoms with Crippen LogP contribution in [0.25, 0.3) is 10.9 Å². The fourth-order valence-corrected chi connectivity index (χ4v) is 2.49. The molecular formula is C12H10F3NO. The number of para-hydroxylation sites is 1. The third kappa shape index (κ3) is 1.45. The van der Waals surface area contributed by atoms with E-state index in [0.717, 1.165) is 6.07 Å². The van der Waals surface area contributed by atoms with Crippen molar-refractivity contribution in [3.8, 4) is 0 Å². The summed E-state index contributed by atoms with van der Waals surface area (Å²) in [5, 5.41) is 10.2. The molecule has 0 amide bonds. The molecule has 1 atom stereocenters. The van der Waals surface area contributed by atoms with E-state index in [1.807, 2.05) is 0 Å². The number of hydrogen-bond donors (Lipinski definition) is 1. The molecule has 2 nitrogen and oxygen atoms in total. The van der Waals surface area contributed by atoms with E-state index in [1.165, 1.54) is 6.07 Å². The molecule has 0 aliphatic carbocycles. The van der Waals surface area contributed by atoms with Crippen LogP contribution in [-0.2, 0) is 12.7 Å². The van der Waals surface area contributed by atoms with Crippen LogP contribution >= 0.6 is 0 Å². The lowest BCUT2D eigenvalue weighted by atomic mass is 10.1. The zero-order valence-electron chi connectivity index (χ0n) is 8.83. The minimum Gasteiger partial charge on any atom is -0.387 e. The van der Waals surface area contributed by atoms with Crippen LogP contribution in [0.3, 0.4) is 0 Å². The maximum atomic E-state index is 12.9. The summed E-state index contributed by atoms with van der Waals surface area (Å²) in [6.45, 7) is 0.438. The predicted octanol–water partition coefficient (Wildman–Crippen LogP) is 3.10. The maximum Gasteiger partial charge on any atom is 0.418 e. The monoisotopic (exact) mass is 241 g/mol. The van der Waals surface area contributed by atoms with Gasteiger partial charge in [0, 0.05) is 17.6 Å². The van der Waals surface area contributed by atoms with Crippen LogP contribution in [0, 0.1) is 0 Å². The molecule has 1 unspecified atom stereocenters. The van der Waals surface area contributed by atoms with Gasteiger partial charge in [0.1, 0.15) is 0 Å². The molecule has 90 valence electrons. The second-order valence-corrected chi connectivity index (χ2v) is 4.27. The number of aromatic nitrogens is 1. The van der Waals surface area contributed by atoms with Gasteiger partial charge in [-0.15, -0.1) is 0 Å². The van der Waals surface area contributed by atoms with E-state index in [4.69, 9.17) is 0 Å². The number of aryl methyl sites for hydroxylation is 1. The Morgan fingerprint density at radius 2 is 2.06 bits per heavy atom. The van der Waals surface area contributed by atoms with Gasteiger partial charge in [-0.3, -0.25) is 0 Å². The quantitative estimate of drug-likeness (QED) is 0.753. The molecule has 0 bridgehead atoms. The lowest BCUT2D eigenvalue weighted by Crippen LogP contribution is -2.08. The van der Waals surface area contributed by atoms with Crippen molar-refractivity contribution in [2.75, 3.05) is 0 Å². The molecule has 0 saturated heterocycles. The van der Waals surface area contributed by atoms with Gasteiger partial charge < -0.3 is 9.67 Å². The minimum atomic E-state index is -4.36. The molecule has 0 fully saturated rings. The minimum absolute atomic E-state index is 0.187. The van der Waals surface area contributed by atoms with Crippen molar-refractivity contribution in [3.05, 3.63) is 35.5 Å². The summed E-state index contributed by atoms with van der Waals surface area (Å²) in [6.07, 6.45) is -4.52. The number of rotatable bonds is 0. The molecule has 1 aromatic heterocycles. The Morgan fingerprint density at radius 3 is 2.76 bits per heavy atom. The van der Waals surface area contributed by atoms with Crippen LogP contribution in [0.2, 0.25) is 0 Å². The molecule has 17 heavy (non-hydrogen) atoms. The van der Waals surface area contributed by atoms with E-state index in [9.17, 15) is 18.3 Å². The first-order valence-electron chi connectivity index (χ1n) is 5.36. The standard InChI is InChI=1S/C12H10F3NO/c13-12(14,15)8-3-1-2-7-6-9-10(17)4-5-16(9)11(7)8/h1-3,6,10,17H,4-5H2. The van der Waals surface area contributed by atoms with Crippen LogP contribution in [0.4, 0.5) is 13.2 Å². The van der Waals surface area contributed by atoms with Crippen molar-refractivity contribution in [3.63, 3.8) is 0 Å². The molecular weight excluding hydrogens is 231 g/mol. The molecule has 2 aromatic rings. The van der Waals surface area contributed by atoms with Crippen LogP contribution in [0.15, 0.2) is 24.3 Å². The van der Waals surface area contributed by atoms with E-state index in [0.29, 0.717) is 24.0 Å². The van der Waals surface area contributed by atoms with Gasteiger partial charge in [-0.2, -0.15) is 13.2 Å². The van der Waals surface area contributed by atoms with E-state index >= 15 is 0 Å². The Bertz CT molecular complexity index is 585. The highest BCUT2D eigenvalue weighted by Gasteiger charge is 2.35. The third-order valence-electron chi connectivity index (χ3n) is 3.23. The smallest absolute Gasteiger partial charge is 0.387 e. The van der Waals surface area contributed by atoms with E-state index in [2.05, 4.69) is 0 Å². The van der Waals surface area contributed by atoms with E-state index < -0.39 is 17.8 Å². The van der Waals surface area contributed by atoms with Crippen molar-refractivity contribution < 1.29 is 18.3 Å². The largest absolute Gasteiger partial charge is 0.418 e. The number of alkyl halides is 3. The number of aliphatic hydroxyl groups is 1. The molecule has 3 rings (SSSR count). The second-order valence-electron chi connectivity index (χ2n) is 4.27.